The second-order valence-corrected chi connectivity index (χ2v) is 8.19. The largest absolute Gasteiger partial charge is 0.453 e. The molecule has 2 heterocycles. The van der Waals surface area contributed by atoms with Gasteiger partial charge in [-0.1, -0.05) is 12.1 Å². The molecule has 3 rings (SSSR count). The van der Waals surface area contributed by atoms with Crippen LogP contribution in [0.1, 0.15) is 42.6 Å². The zero-order valence-corrected chi connectivity index (χ0v) is 18.0. The Morgan fingerprint density at radius 1 is 1.24 bits per heavy atom. The average Bonchev–Trinajstić information content (AvgIpc) is 3.20. The second-order valence-electron chi connectivity index (χ2n) is 7.07. The molecule has 29 heavy (non-hydrogen) atoms. The number of ether oxygens (including phenoxy) is 1. The fourth-order valence-electron chi connectivity index (χ4n) is 3.06. The highest BCUT2D eigenvalue weighted by Crippen LogP contribution is 2.23. The molecule has 1 N–H and O–H groups in total. The van der Waals surface area contributed by atoms with Gasteiger partial charge in [0.05, 0.1) is 32.3 Å². The van der Waals surface area contributed by atoms with Crippen molar-refractivity contribution in [1.82, 2.24) is 14.8 Å². The molecule has 0 saturated heterocycles. The number of benzene rings is 1. The summed E-state index contributed by atoms with van der Waals surface area (Å²) in [6.07, 6.45) is 1.81. The third-order valence-corrected chi connectivity index (χ3v) is 5.89. The van der Waals surface area contributed by atoms with Crippen molar-refractivity contribution in [3.8, 4) is 0 Å². The molecule has 1 amide bonds. The molecule has 0 aliphatic rings. The Kier molecular flexibility index (Phi) is 6.64. The van der Waals surface area contributed by atoms with Gasteiger partial charge in [0.1, 0.15) is 0 Å². The molecule has 1 atom stereocenters. The van der Waals surface area contributed by atoms with Gasteiger partial charge in [-0.15, -0.1) is 11.3 Å². The topological polar surface area (TPSA) is 86.1 Å². The minimum absolute atomic E-state index is 0.285. The van der Waals surface area contributed by atoms with Crippen LogP contribution < -0.4 is 5.32 Å². The van der Waals surface area contributed by atoms with Gasteiger partial charge in [0.2, 0.25) is 0 Å². The molecule has 0 unspecified atom stereocenters. The summed E-state index contributed by atoms with van der Waals surface area (Å²) in [5.74, 6) is -0.719. The molecule has 0 saturated carbocycles. The number of nitrogens with zero attached hydrogens (tertiary/aromatic N) is 3. The summed E-state index contributed by atoms with van der Waals surface area (Å²) in [6.45, 7) is 5.28. The maximum Gasteiger partial charge on any atom is 0.306 e. The van der Waals surface area contributed by atoms with E-state index in [4.69, 9.17) is 4.74 Å². The van der Waals surface area contributed by atoms with Crippen LogP contribution in [0.25, 0.3) is 10.2 Å². The van der Waals surface area contributed by atoms with E-state index in [1.807, 2.05) is 39.1 Å². The SMILES string of the molecule is Cc1nn(C)c(C)c1NC(=O)[C@H](C)OC(=O)CCCCc1nc2ccccc2s1. The Labute approximate surface area is 174 Å². The number of amides is 1. The zero-order valence-electron chi connectivity index (χ0n) is 17.2. The number of carbonyl (C=O) groups excluding carboxylic acids is 2. The molecular weight excluding hydrogens is 388 g/mol. The van der Waals surface area contributed by atoms with Crippen molar-refractivity contribution >= 4 is 39.1 Å². The molecule has 2 aromatic heterocycles. The van der Waals surface area contributed by atoms with Gasteiger partial charge in [-0.2, -0.15) is 5.10 Å². The zero-order chi connectivity index (χ0) is 21.0. The Morgan fingerprint density at radius 3 is 2.69 bits per heavy atom. The van der Waals surface area contributed by atoms with Crippen molar-refractivity contribution in [2.24, 2.45) is 7.05 Å². The van der Waals surface area contributed by atoms with Crippen molar-refractivity contribution in [3.05, 3.63) is 40.7 Å². The lowest BCUT2D eigenvalue weighted by molar-refractivity contribution is -0.153. The van der Waals surface area contributed by atoms with Gasteiger partial charge >= 0.3 is 5.97 Å². The van der Waals surface area contributed by atoms with E-state index in [1.165, 1.54) is 4.70 Å². The van der Waals surface area contributed by atoms with Gasteiger partial charge in [-0.3, -0.25) is 14.3 Å². The van der Waals surface area contributed by atoms with E-state index in [2.05, 4.69) is 21.5 Å². The summed E-state index contributed by atoms with van der Waals surface area (Å²) < 4.78 is 8.16. The van der Waals surface area contributed by atoms with Crippen LogP contribution in [0.15, 0.2) is 24.3 Å². The first-order valence-corrected chi connectivity index (χ1v) is 10.5. The predicted octanol–water partition coefficient (Wildman–Crippen LogP) is 3.93. The third-order valence-electron chi connectivity index (χ3n) is 4.79. The summed E-state index contributed by atoms with van der Waals surface area (Å²) in [5, 5.41) is 8.14. The number of aryl methyl sites for hydroxylation is 3. The number of unbranched alkanes of at least 4 members (excludes halogenated alkanes) is 1. The van der Waals surface area contributed by atoms with Crippen molar-refractivity contribution < 1.29 is 14.3 Å². The highest BCUT2D eigenvalue weighted by Gasteiger charge is 2.20. The summed E-state index contributed by atoms with van der Waals surface area (Å²) in [6, 6.07) is 8.06. The van der Waals surface area contributed by atoms with Gasteiger partial charge in [0, 0.05) is 13.5 Å². The summed E-state index contributed by atoms with van der Waals surface area (Å²) in [4.78, 5) is 29.0. The number of thiazole rings is 1. The van der Waals surface area contributed by atoms with Crippen LogP contribution in [-0.2, 0) is 27.8 Å². The third kappa shape index (κ3) is 5.20. The smallest absolute Gasteiger partial charge is 0.306 e. The molecule has 154 valence electrons. The van der Waals surface area contributed by atoms with Crippen LogP contribution in [0.4, 0.5) is 5.69 Å². The van der Waals surface area contributed by atoms with Crippen LogP contribution in [0, 0.1) is 13.8 Å². The van der Waals surface area contributed by atoms with Crippen molar-refractivity contribution in [3.63, 3.8) is 0 Å². The molecular formula is C21H26N4O3S. The minimum Gasteiger partial charge on any atom is -0.453 e. The van der Waals surface area contributed by atoms with Crippen molar-refractivity contribution in [2.45, 2.75) is 52.6 Å². The Balaban J connectivity index is 1.40. The van der Waals surface area contributed by atoms with E-state index >= 15 is 0 Å². The number of esters is 1. The quantitative estimate of drug-likeness (QED) is 0.446. The maximum absolute atomic E-state index is 12.3. The molecule has 0 bridgehead atoms. The molecule has 8 heteroatoms. The number of nitrogens with one attached hydrogen (secondary N) is 1. The van der Waals surface area contributed by atoms with E-state index in [0.717, 1.165) is 34.8 Å². The molecule has 1 aromatic carbocycles. The van der Waals surface area contributed by atoms with Crippen LogP contribution in [-0.4, -0.2) is 32.7 Å². The fraction of sp³-hybridized carbons (Fsp3) is 0.429. The molecule has 0 aliphatic carbocycles. The van der Waals surface area contributed by atoms with Gasteiger partial charge < -0.3 is 10.1 Å². The average molecular weight is 415 g/mol. The first-order valence-electron chi connectivity index (χ1n) is 9.70. The lowest BCUT2D eigenvalue weighted by Crippen LogP contribution is -2.30. The lowest BCUT2D eigenvalue weighted by Gasteiger charge is -2.13. The number of aromatic nitrogens is 3. The normalized spacial score (nSPS) is 12.1. The fourth-order valence-corrected chi connectivity index (χ4v) is 4.07. The minimum atomic E-state index is -0.856. The van der Waals surface area contributed by atoms with Crippen LogP contribution in [0.5, 0.6) is 0 Å². The highest BCUT2D eigenvalue weighted by atomic mass is 32.1. The van der Waals surface area contributed by atoms with Crippen molar-refractivity contribution in [1.29, 1.82) is 0 Å². The maximum atomic E-state index is 12.3. The molecule has 7 nitrogen and oxygen atoms in total. The second kappa shape index (κ2) is 9.17. The number of anilines is 1. The standard InChI is InChI=1S/C21H26N4O3S/c1-13-20(14(2)25(4)24-13)23-21(27)15(3)28-19(26)12-8-7-11-18-22-16-9-5-6-10-17(16)29-18/h5-6,9-10,15H,7-8,11-12H2,1-4H3,(H,23,27)/t15-/m0/s1. The highest BCUT2D eigenvalue weighted by molar-refractivity contribution is 7.18. The number of carbonyl (C=O) groups is 2. The Morgan fingerprint density at radius 2 is 2.00 bits per heavy atom. The van der Waals surface area contributed by atoms with Crippen molar-refractivity contribution in [2.75, 3.05) is 5.32 Å². The van der Waals surface area contributed by atoms with E-state index in [-0.39, 0.29) is 18.3 Å². The van der Waals surface area contributed by atoms with Crippen LogP contribution in [0.3, 0.4) is 0 Å². The Hall–Kier alpha value is -2.74. The van der Waals surface area contributed by atoms with Gasteiger partial charge in [-0.25, -0.2) is 4.98 Å². The predicted molar refractivity (Wildman–Crippen MR) is 114 cm³/mol. The van der Waals surface area contributed by atoms with Gasteiger partial charge in [0.15, 0.2) is 6.10 Å². The summed E-state index contributed by atoms with van der Waals surface area (Å²) >= 11 is 1.69. The van der Waals surface area contributed by atoms with E-state index in [9.17, 15) is 9.59 Å². The van der Waals surface area contributed by atoms with Gasteiger partial charge in [0.25, 0.3) is 5.91 Å². The molecule has 0 aliphatic heterocycles. The molecule has 3 aromatic rings. The first-order chi connectivity index (χ1) is 13.8. The van der Waals surface area contributed by atoms with E-state index < -0.39 is 6.10 Å². The molecule has 0 spiro atoms. The number of rotatable bonds is 8. The van der Waals surface area contributed by atoms with Gasteiger partial charge in [-0.05, 0) is 52.2 Å². The molecule has 0 fully saturated rings. The Bertz CT molecular complexity index is 991. The monoisotopic (exact) mass is 414 g/mol. The van der Waals surface area contributed by atoms with E-state index in [0.29, 0.717) is 12.1 Å². The molecule has 0 radical (unpaired) electrons. The summed E-state index contributed by atoms with van der Waals surface area (Å²) in [5.41, 5.74) is 3.26. The lowest BCUT2D eigenvalue weighted by atomic mass is 10.2. The number of hydrogen-bond donors (Lipinski definition) is 1. The number of fused-ring (bicyclic) bond motifs is 1. The number of para-hydroxylation sites is 1. The first kappa shape index (κ1) is 21.0. The van der Waals surface area contributed by atoms with E-state index in [1.54, 1.807) is 22.9 Å². The summed E-state index contributed by atoms with van der Waals surface area (Å²) in [7, 11) is 1.82. The van der Waals surface area contributed by atoms with Crippen LogP contribution >= 0.6 is 11.3 Å². The number of hydrogen-bond acceptors (Lipinski definition) is 6. The van der Waals surface area contributed by atoms with Crippen LogP contribution in [0.2, 0.25) is 0 Å².